The maximum absolute atomic E-state index is 12.8. The smallest absolute Gasteiger partial charge is 0.333 e. The third-order valence-electron chi connectivity index (χ3n) is 6.99. The van der Waals surface area contributed by atoms with E-state index in [0.717, 1.165) is 29.7 Å². The molecule has 0 aliphatic carbocycles. The van der Waals surface area contributed by atoms with E-state index in [2.05, 4.69) is 4.98 Å². The van der Waals surface area contributed by atoms with Crippen LogP contribution in [-0.4, -0.2) is 39.5 Å². The van der Waals surface area contributed by atoms with Gasteiger partial charge in [0.1, 0.15) is 11.5 Å². The highest BCUT2D eigenvalue weighted by atomic mass is 35.5. The molecular weight excluding hydrogens is 560 g/mol. The Balaban J connectivity index is 1.10. The summed E-state index contributed by atoms with van der Waals surface area (Å²) in [6, 6.07) is 20.2. The molecule has 0 radical (unpaired) electrons. The van der Waals surface area contributed by atoms with E-state index >= 15 is 0 Å². The van der Waals surface area contributed by atoms with E-state index in [-0.39, 0.29) is 30.6 Å². The minimum atomic E-state index is -0.591. The molecule has 0 atom stereocenters. The van der Waals surface area contributed by atoms with Gasteiger partial charge in [0, 0.05) is 29.7 Å². The number of amides is 2. The summed E-state index contributed by atoms with van der Waals surface area (Å²) >= 11 is 6.03. The van der Waals surface area contributed by atoms with E-state index < -0.39 is 23.3 Å². The number of hydroxylamine groups is 2. The molecule has 10 heteroatoms. The van der Waals surface area contributed by atoms with Crippen molar-refractivity contribution in [2.24, 2.45) is 0 Å². The summed E-state index contributed by atoms with van der Waals surface area (Å²) < 4.78 is 5.81. The Morgan fingerprint density at radius 3 is 2.43 bits per heavy atom. The Morgan fingerprint density at radius 2 is 1.67 bits per heavy atom. The molecule has 216 valence electrons. The SMILES string of the molecule is O=C(CCCCCOc1ccc(Cc2cccc(-c3c(O)c4ccc(Cl)cc4[nH]c3=O)c2)cc1)ON1C(=O)CCC1=O. The number of carbonyl (C=O) groups is 3. The number of unbranched alkanes of at least 4 members (excludes halogenated alkanes) is 2. The first-order valence-electron chi connectivity index (χ1n) is 13.7. The molecule has 1 fully saturated rings. The van der Waals surface area contributed by atoms with Gasteiger partial charge in [0.2, 0.25) is 0 Å². The van der Waals surface area contributed by atoms with Gasteiger partial charge < -0.3 is 19.7 Å². The number of H-pyrrole nitrogens is 1. The Labute approximate surface area is 246 Å². The molecule has 3 aromatic carbocycles. The van der Waals surface area contributed by atoms with E-state index in [0.29, 0.717) is 46.0 Å². The van der Waals surface area contributed by atoms with Crippen molar-refractivity contribution < 1.29 is 29.1 Å². The zero-order chi connectivity index (χ0) is 29.6. The van der Waals surface area contributed by atoms with Gasteiger partial charge in [0.15, 0.2) is 0 Å². The molecule has 4 aromatic rings. The van der Waals surface area contributed by atoms with Gasteiger partial charge in [-0.2, -0.15) is 0 Å². The number of fused-ring (bicyclic) bond motifs is 1. The Bertz CT molecular complexity index is 1680. The summed E-state index contributed by atoms with van der Waals surface area (Å²) in [6.07, 6.45) is 2.93. The van der Waals surface area contributed by atoms with Crippen LogP contribution in [0.1, 0.15) is 49.7 Å². The number of aromatic nitrogens is 1. The molecule has 1 aliphatic rings. The summed E-state index contributed by atoms with van der Waals surface area (Å²) in [4.78, 5) is 55.3. The molecule has 42 heavy (non-hydrogen) atoms. The minimum absolute atomic E-state index is 0.0774. The van der Waals surface area contributed by atoms with Crippen LogP contribution in [0.5, 0.6) is 11.5 Å². The zero-order valence-electron chi connectivity index (χ0n) is 22.7. The predicted octanol–water partition coefficient (Wildman–Crippen LogP) is 5.69. The molecule has 1 aromatic heterocycles. The number of aromatic hydroxyl groups is 1. The fraction of sp³-hybridized carbons (Fsp3) is 0.250. The van der Waals surface area contributed by atoms with Crippen molar-refractivity contribution in [2.75, 3.05) is 6.61 Å². The molecule has 1 saturated heterocycles. The van der Waals surface area contributed by atoms with Crippen molar-refractivity contribution in [3.63, 3.8) is 0 Å². The van der Waals surface area contributed by atoms with Gasteiger partial charge >= 0.3 is 5.97 Å². The molecule has 2 amide bonds. The summed E-state index contributed by atoms with van der Waals surface area (Å²) in [5.41, 5.74) is 2.95. The third kappa shape index (κ3) is 6.80. The Hall–Kier alpha value is -4.63. The number of benzene rings is 3. The van der Waals surface area contributed by atoms with Crippen molar-refractivity contribution in [1.29, 1.82) is 0 Å². The number of carbonyl (C=O) groups excluding carboxylic acids is 3. The first-order valence-corrected chi connectivity index (χ1v) is 14.1. The predicted molar refractivity (Wildman–Crippen MR) is 157 cm³/mol. The number of hydrogen-bond acceptors (Lipinski definition) is 7. The average Bonchev–Trinajstić information content (AvgIpc) is 3.28. The van der Waals surface area contributed by atoms with Gasteiger partial charge in [-0.1, -0.05) is 48.0 Å². The van der Waals surface area contributed by atoms with E-state index in [4.69, 9.17) is 21.2 Å². The van der Waals surface area contributed by atoms with E-state index in [9.17, 15) is 24.3 Å². The fourth-order valence-electron chi connectivity index (χ4n) is 4.84. The van der Waals surface area contributed by atoms with Gasteiger partial charge in [-0.25, -0.2) is 4.79 Å². The van der Waals surface area contributed by atoms with Crippen LogP contribution in [-0.2, 0) is 25.6 Å². The normalized spacial score (nSPS) is 13.1. The van der Waals surface area contributed by atoms with Crippen molar-refractivity contribution >= 4 is 40.3 Å². The lowest BCUT2D eigenvalue weighted by atomic mass is 9.98. The molecular formula is C32H29ClN2O7. The largest absolute Gasteiger partial charge is 0.506 e. The number of aromatic amines is 1. The van der Waals surface area contributed by atoms with E-state index in [1.165, 1.54) is 0 Å². The first-order chi connectivity index (χ1) is 20.3. The van der Waals surface area contributed by atoms with Crippen molar-refractivity contribution in [3.05, 3.63) is 93.2 Å². The average molecular weight is 589 g/mol. The van der Waals surface area contributed by atoms with Gasteiger partial charge in [-0.05, 0) is 72.7 Å². The monoisotopic (exact) mass is 588 g/mol. The van der Waals surface area contributed by atoms with Crippen LogP contribution < -0.4 is 10.3 Å². The lowest BCUT2D eigenvalue weighted by molar-refractivity contribution is -0.197. The quantitative estimate of drug-likeness (QED) is 0.170. The maximum atomic E-state index is 12.8. The number of pyridine rings is 1. The highest BCUT2D eigenvalue weighted by Gasteiger charge is 2.32. The van der Waals surface area contributed by atoms with Crippen LogP contribution >= 0.6 is 11.6 Å². The van der Waals surface area contributed by atoms with Gasteiger partial charge in [0.05, 0.1) is 17.7 Å². The number of hydrogen-bond donors (Lipinski definition) is 2. The van der Waals surface area contributed by atoms with Crippen molar-refractivity contribution in [2.45, 2.75) is 44.9 Å². The second kappa shape index (κ2) is 12.9. The standard InChI is InChI=1S/C32H29ClN2O7/c33-23-10-13-25-26(19-23)34-32(40)30(31(25)39)22-6-4-5-21(18-22)17-20-8-11-24(12-9-20)41-16-3-1-2-7-29(38)42-35-27(36)14-15-28(35)37/h4-6,8-13,18-19H,1-3,7,14-17H2,(H2,34,39,40). The van der Waals surface area contributed by atoms with Crippen LogP contribution in [0.3, 0.4) is 0 Å². The van der Waals surface area contributed by atoms with Gasteiger partial charge in [-0.15, -0.1) is 5.06 Å². The van der Waals surface area contributed by atoms with Crippen LogP contribution in [0.15, 0.2) is 71.5 Å². The first kappa shape index (κ1) is 28.9. The minimum Gasteiger partial charge on any atom is -0.506 e. The highest BCUT2D eigenvalue weighted by molar-refractivity contribution is 6.31. The number of imide groups is 1. The maximum Gasteiger partial charge on any atom is 0.333 e. The second-order valence-corrected chi connectivity index (χ2v) is 10.5. The summed E-state index contributed by atoms with van der Waals surface area (Å²) in [7, 11) is 0. The molecule has 5 rings (SSSR count). The third-order valence-corrected chi connectivity index (χ3v) is 7.22. The number of ether oxygens (including phenoxy) is 1. The molecule has 9 nitrogen and oxygen atoms in total. The molecule has 0 unspecified atom stereocenters. The number of halogens is 1. The lowest BCUT2D eigenvalue weighted by Gasteiger charge is -2.12. The summed E-state index contributed by atoms with van der Waals surface area (Å²) in [5, 5.41) is 12.4. The zero-order valence-corrected chi connectivity index (χ0v) is 23.5. The molecule has 2 N–H and O–H groups in total. The van der Waals surface area contributed by atoms with Crippen LogP contribution in [0.25, 0.3) is 22.0 Å². The molecule has 0 bridgehead atoms. The number of nitrogens with zero attached hydrogens (tertiary/aromatic N) is 1. The van der Waals surface area contributed by atoms with Crippen molar-refractivity contribution in [1.82, 2.24) is 10.0 Å². The van der Waals surface area contributed by atoms with Crippen molar-refractivity contribution in [3.8, 4) is 22.6 Å². The van der Waals surface area contributed by atoms with Crippen LogP contribution in [0.4, 0.5) is 0 Å². The summed E-state index contributed by atoms with van der Waals surface area (Å²) in [6.45, 7) is 0.482. The highest BCUT2D eigenvalue weighted by Crippen LogP contribution is 2.33. The lowest BCUT2D eigenvalue weighted by Crippen LogP contribution is -2.31. The van der Waals surface area contributed by atoms with Gasteiger partial charge in [-0.3, -0.25) is 14.4 Å². The van der Waals surface area contributed by atoms with Gasteiger partial charge in [0.25, 0.3) is 17.4 Å². The fourth-order valence-corrected chi connectivity index (χ4v) is 5.01. The Morgan fingerprint density at radius 1 is 0.905 bits per heavy atom. The molecule has 0 spiro atoms. The summed E-state index contributed by atoms with van der Waals surface area (Å²) in [5.74, 6) is -0.909. The topological polar surface area (TPSA) is 126 Å². The number of rotatable bonds is 11. The molecule has 1 aliphatic heterocycles. The van der Waals surface area contributed by atoms with E-state index in [1.54, 1.807) is 24.3 Å². The van der Waals surface area contributed by atoms with Crippen LogP contribution in [0, 0.1) is 0 Å². The second-order valence-electron chi connectivity index (χ2n) is 10.1. The number of nitrogens with one attached hydrogen (secondary N) is 1. The van der Waals surface area contributed by atoms with E-state index in [1.807, 2.05) is 42.5 Å². The molecule has 0 saturated carbocycles. The van der Waals surface area contributed by atoms with Crippen LogP contribution in [0.2, 0.25) is 5.02 Å². The molecule has 2 heterocycles. The Kier molecular flexibility index (Phi) is 8.88.